The third kappa shape index (κ3) is 17.4. The van der Waals surface area contributed by atoms with E-state index in [1.54, 1.807) is 0 Å². The highest BCUT2D eigenvalue weighted by molar-refractivity contribution is 5.69. The number of esters is 1. The van der Waals surface area contributed by atoms with Crippen molar-refractivity contribution in [2.45, 2.75) is 51.9 Å². The van der Waals surface area contributed by atoms with Crippen molar-refractivity contribution >= 4 is 5.97 Å². The molecule has 0 unspecified atom stereocenters. The lowest BCUT2D eigenvalue weighted by atomic mass is 10.0. The Morgan fingerprint density at radius 1 is 1.05 bits per heavy atom. The van der Waals surface area contributed by atoms with E-state index < -0.39 is 0 Å². The summed E-state index contributed by atoms with van der Waals surface area (Å²) in [5.74, 6) is 0.870. The lowest BCUT2D eigenvalue weighted by Crippen LogP contribution is -2.04. The van der Waals surface area contributed by atoms with E-state index in [2.05, 4.69) is 17.2 Å². The Labute approximate surface area is 119 Å². The van der Waals surface area contributed by atoms with E-state index in [4.69, 9.17) is 4.74 Å². The molecule has 1 aliphatic carbocycles. The number of nitrogens with two attached hydrogens (primary N) is 3. The summed E-state index contributed by atoms with van der Waals surface area (Å²) < 4.78 is 4.87. The molecule has 0 aromatic carbocycles. The van der Waals surface area contributed by atoms with Crippen LogP contribution < -0.4 is 17.2 Å². The van der Waals surface area contributed by atoms with Crippen LogP contribution >= 0.6 is 0 Å². The monoisotopic (exact) mass is 277 g/mol. The summed E-state index contributed by atoms with van der Waals surface area (Å²) in [7, 11) is 4.50. The molecule has 0 radical (unpaired) electrons. The normalized spacial score (nSPS) is 13.0. The molecule has 0 amide bonds. The maximum atomic E-state index is 11.0. The fourth-order valence-electron chi connectivity index (χ4n) is 2.07. The smallest absolute Gasteiger partial charge is 0.305 e. The molecule has 0 spiro atoms. The first-order chi connectivity index (χ1) is 9.33. The third-order valence-electron chi connectivity index (χ3n) is 2.77. The quantitative estimate of drug-likeness (QED) is 0.663. The summed E-state index contributed by atoms with van der Waals surface area (Å²) in [6.45, 7) is 2.37. The second-order valence-electron chi connectivity index (χ2n) is 3.85. The molecule has 5 heteroatoms. The minimum absolute atomic E-state index is 0.0273. The van der Waals surface area contributed by atoms with Gasteiger partial charge in [-0.05, 0) is 46.8 Å². The molecule has 0 aliphatic heterocycles. The Morgan fingerprint density at radius 3 is 1.95 bits per heavy atom. The molecule has 0 saturated heterocycles. The van der Waals surface area contributed by atoms with E-state index in [-0.39, 0.29) is 5.97 Å². The van der Waals surface area contributed by atoms with Gasteiger partial charge in [0, 0.05) is 6.42 Å². The molecule has 5 nitrogen and oxygen atoms in total. The molecule has 1 rings (SSSR count). The van der Waals surface area contributed by atoms with Crippen LogP contribution in [-0.4, -0.2) is 33.7 Å². The summed E-state index contributed by atoms with van der Waals surface area (Å²) in [6, 6.07) is 0. The molecule has 1 fully saturated rings. The van der Waals surface area contributed by atoms with Gasteiger partial charge in [-0.3, -0.25) is 4.79 Å². The first-order valence-corrected chi connectivity index (χ1v) is 7.21. The molecule has 1 aliphatic rings. The standard InChI is InChI=1S/C11H20O2.3CH5N/c1-2-13-11(12)9-5-8-10-6-3-4-7-10;3*1-2/h10H,2-9H2,1H3;3*2H2,1H3. The first-order valence-electron chi connectivity index (χ1n) is 7.21. The minimum Gasteiger partial charge on any atom is -0.466 e. The van der Waals surface area contributed by atoms with E-state index in [0.717, 1.165) is 12.3 Å². The average Bonchev–Trinajstić information content (AvgIpc) is 2.99. The van der Waals surface area contributed by atoms with Gasteiger partial charge in [0.1, 0.15) is 0 Å². The van der Waals surface area contributed by atoms with Crippen molar-refractivity contribution in [3.63, 3.8) is 0 Å². The fraction of sp³-hybridized carbons (Fsp3) is 0.929. The second kappa shape index (κ2) is 22.5. The highest BCUT2D eigenvalue weighted by atomic mass is 16.5. The van der Waals surface area contributed by atoms with Crippen LogP contribution in [0.5, 0.6) is 0 Å². The Balaban J connectivity index is -0.000000375. The van der Waals surface area contributed by atoms with E-state index in [1.165, 1.54) is 53.2 Å². The zero-order chi connectivity index (χ0) is 15.5. The van der Waals surface area contributed by atoms with Gasteiger partial charge in [-0.25, -0.2) is 0 Å². The van der Waals surface area contributed by atoms with Crippen molar-refractivity contribution in [2.24, 2.45) is 23.1 Å². The van der Waals surface area contributed by atoms with Crippen molar-refractivity contribution in [2.75, 3.05) is 27.7 Å². The van der Waals surface area contributed by atoms with E-state index in [0.29, 0.717) is 13.0 Å². The highest BCUT2D eigenvalue weighted by Crippen LogP contribution is 2.28. The lowest BCUT2D eigenvalue weighted by Gasteiger charge is -2.07. The van der Waals surface area contributed by atoms with E-state index in [9.17, 15) is 4.79 Å². The molecule has 19 heavy (non-hydrogen) atoms. The first kappa shape index (κ1) is 23.4. The van der Waals surface area contributed by atoms with Crippen LogP contribution in [0.3, 0.4) is 0 Å². The predicted molar refractivity (Wildman–Crippen MR) is 82.8 cm³/mol. The molecule has 0 aromatic heterocycles. The number of carbonyl (C=O) groups excluding carboxylic acids is 1. The molecule has 6 N–H and O–H groups in total. The topological polar surface area (TPSA) is 104 Å². The zero-order valence-corrected chi connectivity index (χ0v) is 13.3. The molecule has 1 saturated carbocycles. The van der Waals surface area contributed by atoms with Gasteiger partial charge in [-0.2, -0.15) is 0 Å². The minimum atomic E-state index is -0.0273. The summed E-state index contributed by atoms with van der Waals surface area (Å²) >= 11 is 0. The van der Waals surface area contributed by atoms with Gasteiger partial charge >= 0.3 is 5.97 Å². The second-order valence-corrected chi connectivity index (χ2v) is 3.85. The molecule has 0 aromatic rings. The third-order valence-corrected chi connectivity index (χ3v) is 2.77. The Hall–Kier alpha value is -0.650. The van der Waals surface area contributed by atoms with Crippen LogP contribution in [0.1, 0.15) is 51.9 Å². The maximum Gasteiger partial charge on any atom is 0.305 e. The Bertz CT molecular complexity index is 161. The lowest BCUT2D eigenvalue weighted by molar-refractivity contribution is -0.143. The van der Waals surface area contributed by atoms with Crippen LogP contribution in [0.25, 0.3) is 0 Å². The van der Waals surface area contributed by atoms with E-state index >= 15 is 0 Å². The zero-order valence-electron chi connectivity index (χ0n) is 13.3. The van der Waals surface area contributed by atoms with Gasteiger partial charge in [0.25, 0.3) is 0 Å². The van der Waals surface area contributed by atoms with Crippen molar-refractivity contribution in [3.8, 4) is 0 Å². The van der Waals surface area contributed by atoms with Crippen molar-refractivity contribution < 1.29 is 9.53 Å². The van der Waals surface area contributed by atoms with Gasteiger partial charge in [0.2, 0.25) is 0 Å². The van der Waals surface area contributed by atoms with Crippen LogP contribution in [0, 0.1) is 5.92 Å². The SMILES string of the molecule is CCOC(=O)CCCC1CCCC1.CN.CN.CN. The Morgan fingerprint density at radius 2 is 1.53 bits per heavy atom. The van der Waals surface area contributed by atoms with Crippen molar-refractivity contribution in [3.05, 3.63) is 0 Å². The van der Waals surface area contributed by atoms with Crippen LogP contribution in [0.2, 0.25) is 0 Å². The van der Waals surface area contributed by atoms with Gasteiger partial charge in [-0.1, -0.05) is 25.7 Å². The average molecular weight is 277 g/mol. The molecule has 0 heterocycles. The summed E-state index contributed by atoms with van der Waals surface area (Å²) in [5.41, 5.74) is 13.5. The van der Waals surface area contributed by atoms with Gasteiger partial charge in [0.15, 0.2) is 0 Å². The van der Waals surface area contributed by atoms with Crippen LogP contribution in [0.15, 0.2) is 0 Å². The molecular weight excluding hydrogens is 242 g/mol. The molecular formula is C14H35N3O2. The number of ether oxygens (including phenoxy) is 1. The summed E-state index contributed by atoms with van der Waals surface area (Å²) in [4.78, 5) is 11.0. The number of hydrogen-bond donors (Lipinski definition) is 3. The van der Waals surface area contributed by atoms with Crippen LogP contribution in [-0.2, 0) is 9.53 Å². The predicted octanol–water partition coefficient (Wildman–Crippen LogP) is 1.63. The van der Waals surface area contributed by atoms with Crippen molar-refractivity contribution in [1.29, 1.82) is 0 Å². The maximum absolute atomic E-state index is 11.0. The van der Waals surface area contributed by atoms with Crippen LogP contribution in [0.4, 0.5) is 0 Å². The Kier molecular flexibility index (Phi) is 27.8. The summed E-state index contributed by atoms with van der Waals surface area (Å²) in [5, 5.41) is 0. The van der Waals surface area contributed by atoms with E-state index in [1.807, 2.05) is 6.92 Å². The van der Waals surface area contributed by atoms with Crippen molar-refractivity contribution in [1.82, 2.24) is 0 Å². The number of hydrogen-bond acceptors (Lipinski definition) is 5. The van der Waals surface area contributed by atoms with Gasteiger partial charge in [-0.15, -0.1) is 0 Å². The molecule has 0 bridgehead atoms. The largest absolute Gasteiger partial charge is 0.466 e. The van der Waals surface area contributed by atoms with Gasteiger partial charge < -0.3 is 21.9 Å². The number of rotatable bonds is 5. The van der Waals surface area contributed by atoms with Gasteiger partial charge in [0.05, 0.1) is 6.61 Å². The highest BCUT2D eigenvalue weighted by Gasteiger charge is 2.14. The summed E-state index contributed by atoms with van der Waals surface area (Å²) in [6.07, 6.45) is 8.40. The molecule has 118 valence electrons. The molecule has 0 atom stereocenters. The fourth-order valence-corrected chi connectivity index (χ4v) is 2.07. The number of carbonyl (C=O) groups is 1.